The van der Waals surface area contributed by atoms with Crippen molar-refractivity contribution in [2.75, 3.05) is 0 Å². The number of hydrogen-bond acceptors (Lipinski definition) is 1. The monoisotopic (exact) mass is 191 g/mol. The molecule has 1 atom stereocenters. The molecule has 14 heavy (non-hydrogen) atoms. The quantitative estimate of drug-likeness (QED) is 0.758. The van der Waals surface area contributed by atoms with Crippen LogP contribution >= 0.6 is 0 Å². The summed E-state index contributed by atoms with van der Waals surface area (Å²) in [6.07, 6.45) is 4.61. The molecule has 0 fully saturated rings. The predicted molar refractivity (Wildman–Crippen MR) is 62.3 cm³/mol. The molecule has 0 aromatic heterocycles. The Hall–Kier alpha value is -0.820. The second kappa shape index (κ2) is 5.82. The number of nitrogens with two attached hydrogens (primary N) is 1. The zero-order valence-corrected chi connectivity index (χ0v) is 9.29. The highest BCUT2D eigenvalue weighted by Gasteiger charge is 2.03. The first-order chi connectivity index (χ1) is 6.77. The minimum absolute atomic E-state index is 0.218. The van der Waals surface area contributed by atoms with E-state index in [1.54, 1.807) is 0 Å². The third kappa shape index (κ3) is 3.15. The average molecular weight is 191 g/mol. The molecule has 0 aliphatic carbocycles. The van der Waals surface area contributed by atoms with Gasteiger partial charge in [-0.3, -0.25) is 0 Å². The first-order valence-corrected chi connectivity index (χ1v) is 5.62. The molecule has 1 rings (SSSR count). The van der Waals surface area contributed by atoms with Crippen molar-refractivity contribution in [3.8, 4) is 0 Å². The fraction of sp³-hybridized carbons (Fsp3) is 0.538. The van der Waals surface area contributed by atoms with E-state index in [2.05, 4.69) is 38.1 Å². The molecule has 0 amide bonds. The molecule has 0 aliphatic heterocycles. The summed E-state index contributed by atoms with van der Waals surface area (Å²) in [5.41, 5.74) is 8.72. The molecule has 1 heteroatoms. The molecular formula is C13H21N. The molecule has 0 bridgehead atoms. The normalized spacial score (nSPS) is 12.8. The highest BCUT2D eigenvalue weighted by Crippen LogP contribution is 2.16. The highest BCUT2D eigenvalue weighted by atomic mass is 14.6. The molecule has 0 saturated heterocycles. The van der Waals surface area contributed by atoms with E-state index in [9.17, 15) is 0 Å². The van der Waals surface area contributed by atoms with Crippen LogP contribution in [-0.4, -0.2) is 0 Å². The van der Waals surface area contributed by atoms with Gasteiger partial charge in [0.05, 0.1) is 0 Å². The maximum absolute atomic E-state index is 6.03. The first kappa shape index (κ1) is 11.3. The van der Waals surface area contributed by atoms with Gasteiger partial charge in [-0.05, 0) is 24.0 Å². The third-order valence-electron chi connectivity index (χ3n) is 2.55. The zero-order chi connectivity index (χ0) is 10.4. The fourth-order valence-electron chi connectivity index (χ4n) is 1.70. The Bertz CT molecular complexity index is 250. The smallest absolute Gasteiger partial charge is 0.0294 e. The van der Waals surface area contributed by atoms with Gasteiger partial charge in [0, 0.05) is 6.04 Å². The van der Waals surface area contributed by atoms with Crippen molar-refractivity contribution in [2.45, 2.75) is 45.6 Å². The van der Waals surface area contributed by atoms with Gasteiger partial charge in [-0.15, -0.1) is 0 Å². The molecule has 2 N–H and O–H groups in total. The molecule has 1 nitrogen and oxygen atoms in total. The molecule has 1 unspecified atom stereocenters. The van der Waals surface area contributed by atoms with Gasteiger partial charge in [0.15, 0.2) is 0 Å². The number of aryl methyl sites for hydroxylation is 1. The van der Waals surface area contributed by atoms with E-state index < -0.39 is 0 Å². The molecule has 78 valence electrons. The van der Waals surface area contributed by atoms with E-state index in [4.69, 9.17) is 5.73 Å². The summed E-state index contributed by atoms with van der Waals surface area (Å²) < 4.78 is 0. The number of hydrogen-bond donors (Lipinski definition) is 1. The lowest BCUT2D eigenvalue weighted by Gasteiger charge is -2.11. The SMILES string of the molecule is CCCc1ccc(C(N)CCC)cc1. The van der Waals surface area contributed by atoms with Crippen LogP contribution in [0.15, 0.2) is 24.3 Å². The van der Waals surface area contributed by atoms with E-state index in [1.165, 1.54) is 24.0 Å². The van der Waals surface area contributed by atoms with Gasteiger partial charge in [0.25, 0.3) is 0 Å². The fourth-order valence-corrected chi connectivity index (χ4v) is 1.70. The molecular weight excluding hydrogens is 170 g/mol. The van der Waals surface area contributed by atoms with Gasteiger partial charge in [0.1, 0.15) is 0 Å². The third-order valence-corrected chi connectivity index (χ3v) is 2.55. The van der Waals surface area contributed by atoms with E-state index in [-0.39, 0.29) is 6.04 Å². The lowest BCUT2D eigenvalue weighted by Crippen LogP contribution is -2.09. The lowest BCUT2D eigenvalue weighted by molar-refractivity contribution is 0.638. The second-order valence-electron chi connectivity index (χ2n) is 3.89. The van der Waals surface area contributed by atoms with Crippen LogP contribution in [0, 0.1) is 0 Å². The van der Waals surface area contributed by atoms with Gasteiger partial charge < -0.3 is 5.73 Å². The lowest BCUT2D eigenvalue weighted by atomic mass is 10.0. The van der Waals surface area contributed by atoms with Crippen LogP contribution in [0.3, 0.4) is 0 Å². The topological polar surface area (TPSA) is 26.0 Å². The van der Waals surface area contributed by atoms with Gasteiger partial charge in [-0.25, -0.2) is 0 Å². The molecule has 0 aliphatic rings. The van der Waals surface area contributed by atoms with Crippen molar-refractivity contribution in [3.63, 3.8) is 0 Å². The predicted octanol–water partition coefficient (Wildman–Crippen LogP) is 3.44. The van der Waals surface area contributed by atoms with Crippen LogP contribution in [0.4, 0.5) is 0 Å². The Balaban J connectivity index is 2.62. The average Bonchev–Trinajstić information content (AvgIpc) is 2.20. The summed E-state index contributed by atoms with van der Waals surface area (Å²) in [4.78, 5) is 0. The van der Waals surface area contributed by atoms with Crippen molar-refractivity contribution in [3.05, 3.63) is 35.4 Å². The summed E-state index contributed by atoms with van der Waals surface area (Å²) in [6.45, 7) is 4.38. The van der Waals surface area contributed by atoms with E-state index >= 15 is 0 Å². The molecule has 0 spiro atoms. The van der Waals surface area contributed by atoms with E-state index in [0.717, 1.165) is 12.8 Å². The Morgan fingerprint density at radius 1 is 1.07 bits per heavy atom. The second-order valence-corrected chi connectivity index (χ2v) is 3.89. The molecule has 1 aromatic rings. The van der Waals surface area contributed by atoms with Crippen LogP contribution < -0.4 is 5.73 Å². The van der Waals surface area contributed by atoms with Crippen molar-refractivity contribution in [2.24, 2.45) is 5.73 Å². The Labute approximate surface area is 87.3 Å². The van der Waals surface area contributed by atoms with Gasteiger partial charge >= 0.3 is 0 Å². The summed E-state index contributed by atoms with van der Waals surface area (Å²) >= 11 is 0. The molecule has 1 aromatic carbocycles. The van der Waals surface area contributed by atoms with Crippen LogP contribution in [0.25, 0.3) is 0 Å². The largest absolute Gasteiger partial charge is 0.324 e. The summed E-state index contributed by atoms with van der Waals surface area (Å²) in [6, 6.07) is 8.97. The van der Waals surface area contributed by atoms with Crippen LogP contribution in [-0.2, 0) is 6.42 Å². The maximum Gasteiger partial charge on any atom is 0.0294 e. The molecule has 0 radical (unpaired) electrons. The Morgan fingerprint density at radius 3 is 2.21 bits per heavy atom. The maximum atomic E-state index is 6.03. The first-order valence-electron chi connectivity index (χ1n) is 5.62. The van der Waals surface area contributed by atoms with Gasteiger partial charge in [0.2, 0.25) is 0 Å². The van der Waals surface area contributed by atoms with Crippen LogP contribution in [0.5, 0.6) is 0 Å². The van der Waals surface area contributed by atoms with Crippen molar-refractivity contribution in [1.82, 2.24) is 0 Å². The van der Waals surface area contributed by atoms with Crippen LogP contribution in [0.2, 0.25) is 0 Å². The Morgan fingerprint density at radius 2 is 1.71 bits per heavy atom. The molecule has 0 heterocycles. The standard InChI is InChI=1S/C13H21N/c1-3-5-11-7-9-12(10-8-11)13(14)6-4-2/h7-10,13H,3-6,14H2,1-2H3. The summed E-state index contributed by atoms with van der Waals surface area (Å²) in [7, 11) is 0. The number of rotatable bonds is 5. The van der Waals surface area contributed by atoms with E-state index in [1.807, 2.05) is 0 Å². The minimum atomic E-state index is 0.218. The van der Waals surface area contributed by atoms with E-state index in [0.29, 0.717) is 0 Å². The Kier molecular flexibility index (Phi) is 4.68. The van der Waals surface area contributed by atoms with Crippen molar-refractivity contribution < 1.29 is 0 Å². The summed E-state index contributed by atoms with van der Waals surface area (Å²) in [5, 5.41) is 0. The minimum Gasteiger partial charge on any atom is -0.324 e. The van der Waals surface area contributed by atoms with Crippen LogP contribution in [0.1, 0.15) is 50.3 Å². The van der Waals surface area contributed by atoms with Crippen molar-refractivity contribution >= 4 is 0 Å². The van der Waals surface area contributed by atoms with Gasteiger partial charge in [-0.1, -0.05) is 51.0 Å². The molecule has 0 saturated carbocycles. The zero-order valence-electron chi connectivity index (χ0n) is 9.29. The number of benzene rings is 1. The van der Waals surface area contributed by atoms with Gasteiger partial charge in [-0.2, -0.15) is 0 Å². The highest BCUT2D eigenvalue weighted by molar-refractivity contribution is 5.24. The van der Waals surface area contributed by atoms with Crippen molar-refractivity contribution in [1.29, 1.82) is 0 Å². The summed E-state index contributed by atoms with van der Waals surface area (Å²) in [5.74, 6) is 0.